The molecule has 130 valence electrons. The Hall–Kier alpha value is -1.51. The minimum Gasteiger partial charge on any atom is -0.467 e. The Bertz CT molecular complexity index is 670. The zero-order valence-corrected chi connectivity index (χ0v) is 14.2. The van der Waals surface area contributed by atoms with Gasteiger partial charge in [0.1, 0.15) is 11.5 Å². The molecule has 8 heteroatoms. The summed E-state index contributed by atoms with van der Waals surface area (Å²) in [5.41, 5.74) is 0.415. The van der Waals surface area contributed by atoms with Crippen molar-refractivity contribution in [1.82, 2.24) is 10.2 Å². The number of rotatable bonds is 4. The van der Waals surface area contributed by atoms with Crippen LogP contribution in [0.1, 0.15) is 17.4 Å². The molecule has 1 aromatic heterocycles. The van der Waals surface area contributed by atoms with Crippen molar-refractivity contribution in [2.75, 3.05) is 26.2 Å². The summed E-state index contributed by atoms with van der Waals surface area (Å²) in [6, 6.07) is 7.55. The first-order valence-electron chi connectivity index (χ1n) is 7.47. The average molecular weight is 405 g/mol. The number of halogens is 4. The van der Waals surface area contributed by atoms with Crippen LogP contribution in [0.2, 0.25) is 0 Å². The first-order valence-corrected chi connectivity index (χ1v) is 8.27. The molecular formula is C16H16BrF3N2O2. The number of furan rings is 1. The van der Waals surface area contributed by atoms with Gasteiger partial charge in [-0.25, -0.2) is 0 Å². The van der Waals surface area contributed by atoms with E-state index in [0.29, 0.717) is 28.9 Å². The van der Waals surface area contributed by atoms with Crippen molar-refractivity contribution in [2.45, 2.75) is 12.4 Å². The quantitative estimate of drug-likeness (QED) is 0.837. The number of hydrogen-bond acceptors (Lipinski definition) is 4. The van der Waals surface area contributed by atoms with Gasteiger partial charge in [-0.1, -0.05) is 15.9 Å². The average Bonchev–Trinajstić information content (AvgIpc) is 3.04. The number of benzene rings is 1. The lowest BCUT2D eigenvalue weighted by Crippen LogP contribution is -2.45. The highest BCUT2D eigenvalue weighted by Crippen LogP contribution is 2.38. The molecule has 1 aliphatic rings. The van der Waals surface area contributed by atoms with Crippen molar-refractivity contribution in [3.63, 3.8) is 0 Å². The Morgan fingerprint density at radius 2 is 1.96 bits per heavy atom. The van der Waals surface area contributed by atoms with Gasteiger partial charge in [0, 0.05) is 36.2 Å². The van der Waals surface area contributed by atoms with Crippen LogP contribution in [0.5, 0.6) is 5.75 Å². The third kappa shape index (κ3) is 4.12. The van der Waals surface area contributed by atoms with Crippen LogP contribution in [0.4, 0.5) is 13.2 Å². The summed E-state index contributed by atoms with van der Waals surface area (Å²) in [6.45, 7) is 2.92. The molecule has 0 unspecified atom stereocenters. The standard InChI is InChI=1S/C16H16BrF3N2O2/c17-11-3-4-13(24-16(18,19)20)12(10-11)15(14-2-1-9-23-14)22-7-5-21-6-8-22/h1-4,9-10,15,21H,5-8H2/t15-/m1/s1. The van der Waals surface area contributed by atoms with Crippen LogP contribution in [-0.4, -0.2) is 37.4 Å². The molecule has 24 heavy (non-hydrogen) atoms. The Kier molecular flexibility index (Phi) is 5.17. The minimum absolute atomic E-state index is 0.217. The molecule has 2 aromatic rings. The summed E-state index contributed by atoms with van der Waals surface area (Å²) in [5, 5.41) is 3.24. The molecule has 0 aliphatic carbocycles. The second-order valence-corrected chi connectivity index (χ2v) is 6.35. The lowest BCUT2D eigenvalue weighted by atomic mass is 10.0. The molecule has 3 rings (SSSR count). The van der Waals surface area contributed by atoms with Gasteiger partial charge < -0.3 is 14.5 Å². The van der Waals surface area contributed by atoms with Crippen LogP contribution in [-0.2, 0) is 0 Å². The summed E-state index contributed by atoms with van der Waals surface area (Å²) in [5.74, 6) is 0.368. The fourth-order valence-electron chi connectivity index (χ4n) is 2.87. The predicted molar refractivity (Wildman–Crippen MR) is 85.8 cm³/mol. The molecule has 1 N–H and O–H groups in total. The van der Waals surface area contributed by atoms with Gasteiger partial charge in [-0.3, -0.25) is 4.90 Å². The minimum atomic E-state index is -4.75. The van der Waals surface area contributed by atoms with E-state index in [4.69, 9.17) is 4.42 Å². The number of nitrogens with one attached hydrogen (secondary N) is 1. The van der Waals surface area contributed by atoms with Crippen LogP contribution in [0, 0.1) is 0 Å². The van der Waals surface area contributed by atoms with Gasteiger partial charge in [-0.15, -0.1) is 13.2 Å². The summed E-state index contributed by atoms with van der Waals surface area (Å²) in [7, 11) is 0. The summed E-state index contributed by atoms with van der Waals surface area (Å²) < 4.78 is 48.8. The SMILES string of the molecule is FC(F)(F)Oc1ccc(Br)cc1[C@H](c1ccco1)N1CCNCC1. The summed E-state index contributed by atoms with van der Waals surface area (Å²) in [4.78, 5) is 2.08. The van der Waals surface area contributed by atoms with Gasteiger partial charge in [0.25, 0.3) is 0 Å². The van der Waals surface area contributed by atoms with Crippen LogP contribution in [0.25, 0.3) is 0 Å². The van der Waals surface area contributed by atoms with Gasteiger partial charge in [0.05, 0.1) is 12.3 Å². The topological polar surface area (TPSA) is 37.6 Å². The fourth-order valence-corrected chi connectivity index (χ4v) is 3.25. The molecule has 4 nitrogen and oxygen atoms in total. The van der Waals surface area contributed by atoms with Crippen molar-refractivity contribution in [1.29, 1.82) is 0 Å². The molecule has 0 amide bonds. The normalized spacial score (nSPS) is 17.7. The van der Waals surface area contributed by atoms with Crippen molar-refractivity contribution in [2.24, 2.45) is 0 Å². The van der Waals surface area contributed by atoms with E-state index < -0.39 is 12.4 Å². The first kappa shape index (κ1) is 17.3. The molecule has 1 atom stereocenters. The Balaban J connectivity index is 2.05. The molecule has 2 heterocycles. The van der Waals surface area contributed by atoms with Crippen molar-refractivity contribution >= 4 is 15.9 Å². The van der Waals surface area contributed by atoms with Gasteiger partial charge in [0.15, 0.2) is 0 Å². The molecule has 0 bridgehead atoms. The van der Waals surface area contributed by atoms with E-state index >= 15 is 0 Å². The molecule has 0 radical (unpaired) electrons. The smallest absolute Gasteiger partial charge is 0.467 e. The number of nitrogens with zero attached hydrogens (tertiary/aromatic N) is 1. The zero-order chi connectivity index (χ0) is 17.2. The molecule has 1 aromatic carbocycles. The van der Waals surface area contributed by atoms with E-state index in [1.165, 1.54) is 18.4 Å². The molecule has 1 aliphatic heterocycles. The van der Waals surface area contributed by atoms with Crippen LogP contribution < -0.4 is 10.1 Å². The molecule has 0 spiro atoms. The van der Waals surface area contributed by atoms with E-state index in [1.54, 1.807) is 18.2 Å². The van der Waals surface area contributed by atoms with Crippen LogP contribution >= 0.6 is 15.9 Å². The van der Waals surface area contributed by atoms with Crippen LogP contribution in [0.3, 0.4) is 0 Å². The number of alkyl halides is 3. The maximum absolute atomic E-state index is 12.8. The van der Waals surface area contributed by atoms with Gasteiger partial charge in [0.2, 0.25) is 0 Å². The monoisotopic (exact) mass is 404 g/mol. The first-order chi connectivity index (χ1) is 11.4. The van der Waals surface area contributed by atoms with Crippen LogP contribution in [0.15, 0.2) is 45.5 Å². The highest BCUT2D eigenvalue weighted by molar-refractivity contribution is 9.10. The molecule has 1 fully saturated rings. The predicted octanol–water partition coefficient (Wildman–Crippen LogP) is 3.94. The Morgan fingerprint density at radius 3 is 2.58 bits per heavy atom. The maximum atomic E-state index is 12.8. The van der Waals surface area contributed by atoms with Crippen molar-refractivity contribution in [3.05, 3.63) is 52.4 Å². The third-order valence-corrected chi connectivity index (χ3v) is 4.31. The number of piperazine rings is 1. The van der Waals surface area contributed by atoms with Crippen molar-refractivity contribution < 1.29 is 22.3 Å². The van der Waals surface area contributed by atoms with Gasteiger partial charge in [-0.2, -0.15) is 0 Å². The maximum Gasteiger partial charge on any atom is 0.573 e. The number of ether oxygens (including phenoxy) is 1. The second-order valence-electron chi connectivity index (χ2n) is 5.43. The van der Waals surface area contributed by atoms with E-state index in [9.17, 15) is 13.2 Å². The largest absolute Gasteiger partial charge is 0.573 e. The molecular weight excluding hydrogens is 389 g/mol. The van der Waals surface area contributed by atoms with E-state index in [1.807, 2.05) is 0 Å². The second kappa shape index (κ2) is 7.16. The summed E-state index contributed by atoms with van der Waals surface area (Å²) in [6.07, 6.45) is -3.23. The number of hydrogen-bond donors (Lipinski definition) is 1. The lowest BCUT2D eigenvalue weighted by molar-refractivity contribution is -0.275. The van der Waals surface area contributed by atoms with E-state index in [0.717, 1.165) is 13.1 Å². The van der Waals surface area contributed by atoms with Crippen molar-refractivity contribution in [3.8, 4) is 5.75 Å². The van der Waals surface area contributed by atoms with Gasteiger partial charge in [-0.05, 0) is 30.3 Å². The Morgan fingerprint density at radius 1 is 1.21 bits per heavy atom. The zero-order valence-electron chi connectivity index (χ0n) is 12.6. The highest BCUT2D eigenvalue weighted by atomic mass is 79.9. The Labute approximate surface area is 145 Å². The third-order valence-electron chi connectivity index (χ3n) is 3.82. The summed E-state index contributed by atoms with van der Waals surface area (Å²) >= 11 is 3.33. The van der Waals surface area contributed by atoms with Gasteiger partial charge >= 0.3 is 6.36 Å². The van der Waals surface area contributed by atoms with E-state index in [-0.39, 0.29) is 5.75 Å². The highest BCUT2D eigenvalue weighted by Gasteiger charge is 2.35. The molecule has 0 saturated carbocycles. The van der Waals surface area contributed by atoms with E-state index in [2.05, 4.69) is 30.9 Å². The lowest BCUT2D eigenvalue weighted by Gasteiger charge is -2.34. The molecule has 1 saturated heterocycles. The fraction of sp³-hybridized carbons (Fsp3) is 0.375.